The molecule has 0 radical (unpaired) electrons. The Labute approximate surface area is 155 Å². The second-order valence-corrected chi connectivity index (χ2v) is 7.18. The van der Waals surface area contributed by atoms with Crippen LogP contribution in [-0.2, 0) is 4.79 Å². The molecule has 2 atom stereocenters. The number of rotatable bonds is 5. The van der Waals surface area contributed by atoms with Crippen molar-refractivity contribution in [2.45, 2.75) is 32.7 Å². The number of hydrogen-bond donors (Lipinski definition) is 1. The molecular formula is C22H27NO3. The molecule has 26 heavy (non-hydrogen) atoms. The second kappa shape index (κ2) is 7.92. The Kier molecular flexibility index (Phi) is 5.62. The summed E-state index contributed by atoms with van der Waals surface area (Å²) in [5.41, 5.74) is 4.75. The number of aryl methyl sites for hydroxylation is 2. The van der Waals surface area contributed by atoms with Gasteiger partial charge >= 0.3 is 5.97 Å². The van der Waals surface area contributed by atoms with Crippen molar-refractivity contribution in [2.75, 3.05) is 20.2 Å². The fourth-order valence-electron chi connectivity index (χ4n) is 4.03. The quantitative estimate of drug-likeness (QED) is 0.875. The number of hydrogen-bond acceptors (Lipinski definition) is 3. The van der Waals surface area contributed by atoms with Crippen LogP contribution in [0.3, 0.4) is 0 Å². The average Bonchev–Trinajstić information content (AvgIpc) is 2.64. The Morgan fingerprint density at radius 3 is 2.65 bits per heavy atom. The molecule has 0 amide bonds. The molecule has 1 fully saturated rings. The number of ether oxygens (including phenoxy) is 1. The third-order valence-corrected chi connectivity index (χ3v) is 5.32. The molecule has 1 N–H and O–H groups in total. The van der Waals surface area contributed by atoms with E-state index in [2.05, 4.69) is 43.0 Å². The van der Waals surface area contributed by atoms with Gasteiger partial charge in [-0.05, 0) is 50.4 Å². The zero-order chi connectivity index (χ0) is 18.7. The van der Waals surface area contributed by atoms with E-state index < -0.39 is 5.97 Å². The summed E-state index contributed by atoms with van der Waals surface area (Å²) in [4.78, 5) is 13.9. The van der Waals surface area contributed by atoms with Crippen molar-refractivity contribution in [1.29, 1.82) is 0 Å². The van der Waals surface area contributed by atoms with Crippen LogP contribution in [0, 0.1) is 19.8 Å². The van der Waals surface area contributed by atoms with Gasteiger partial charge in [0.15, 0.2) is 0 Å². The Morgan fingerprint density at radius 2 is 1.96 bits per heavy atom. The first-order valence-corrected chi connectivity index (χ1v) is 9.18. The molecule has 1 aliphatic heterocycles. The Bertz CT molecular complexity index is 787. The summed E-state index contributed by atoms with van der Waals surface area (Å²) in [6.45, 7) is 5.67. The smallest absolute Gasteiger partial charge is 0.307 e. The Morgan fingerprint density at radius 1 is 1.19 bits per heavy atom. The molecule has 2 aromatic carbocycles. The fraction of sp³-hybridized carbons (Fsp3) is 0.409. The van der Waals surface area contributed by atoms with Crippen molar-refractivity contribution < 1.29 is 14.6 Å². The molecule has 1 saturated heterocycles. The van der Waals surface area contributed by atoms with Gasteiger partial charge in [0, 0.05) is 12.1 Å². The first-order chi connectivity index (χ1) is 12.5. The van der Waals surface area contributed by atoms with Gasteiger partial charge in [0.2, 0.25) is 0 Å². The van der Waals surface area contributed by atoms with E-state index in [-0.39, 0.29) is 12.0 Å². The Balaban J connectivity index is 2.08. The normalized spacial score (nSPS) is 19.1. The second-order valence-electron chi connectivity index (χ2n) is 7.18. The van der Waals surface area contributed by atoms with Crippen LogP contribution in [0.2, 0.25) is 0 Å². The van der Waals surface area contributed by atoms with Crippen LogP contribution in [0.4, 0.5) is 0 Å². The van der Waals surface area contributed by atoms with E-state index in [0.717, 1.165) is 30.7 Å². The average molecular weight is 353 g/mol. The summed E-state index contributed by atoms with van der Waals surface area (Å²) < 4.78 is 5.63. The number of carbonyl (C=O) groups is 1. The van der Waals surface area contributed by atoms with E-state index in [1.54, 1.807) is 7.11 Å². The number of para-hydroxylation sites is 1. The van der Waals surface area contributed by atoms with Crippen LogP contribution in [0.5, 0.6) is 5.75 Å². The van der Waals surface area contributed by atoms with Gasteiger partial charge in [0.25, 0.3) is 0 Å². The number of carboxylic acids is 1. The monoisotopic (exact) mass is 353 g/mol. The SMILES string of the molecule is COc1ccccc1C(c1ccc(C)cc1C)N1CCCC(C(=O)O)C1. The third kappa shape index (κ3) is 3.75. The van der Waals surface area contributed by atoms with E-state index in [1.807, 2.05) is 18.2 Å². The first kappa shape index (κ1) is 18.5. The molecule has 0 saturated carbocycles. The van der Waals surface area contributed by atoms with Gasteiger partial charge in [-0.2, -0.15) is 0 Å². The lowest BCUT2D eigenvalue weighted by Gasteiger charge is -2.38. The first-order valence-electron chi connectivity index (χ1n) is 9.18. The van der Waals surface area contributed by atoms with Gasteiger partial charge in [-0.25, -0.2) is 0 Å². The number of methoxy groups -OCH3 is 1. The molecule has 0 aliphatic carbocycles. The lowest BCUT2D eigenvalue weighted by molar-refractivity contribution is -0.143. The lowest BCUT2D eigenvalue weighted by Crippen LogP contribution is -2.41. The van der Waals surface area contributed by atoms with Crippen molar-refractivity contribution in [3.8, 4) is 5.75 Å². The van der Waals surface area contributed by atoms with Gasteiger partial charge in [0.05, 0.1) is 19.1 Å². The third-order valence-electron chi connectivity index (χ3n) is 5.32. The minimum Gasteiger partial charge on any atom is -0.496 e. The van der Waals surface area contributed by atoms with Crippen LogP contribution in [0.25, 0.3) is 0 Å². The van der Waals surface area contributed by atoms with Crippen LogP contribution in [0.15, 0.2) is 42.5 Å². The van der Waals surface area contributed by atoms with Gasteiger partial charge in [-0.3, -0.25) is 9.69 Å². The minimum atomic E-state index is -0.700. The van der Waals surface area contributed by atoms with E-state index in [1.165, 1.54) is 16.7 Å². The maximum atomic E-state index is 11.6. The van der Waals surface area contributed by atoms with Gasteiger partial charge in [-0.1, -0.05) is 42.0 Å². The van der Waals surface area contributed by atoms with E-state index in [4.69, 9.17) is 4.74 Å². The molecule has 4 heteroatoms. The molecule has 4 nitrogen and oxygen atoms in total. The number of aliphatic carboxylic acids is 1. The van der Waals surface area contributed by atoms with Crippen molar-refractivity contribution in [3.05, 3.63) is 64.7 Å². The van der Waals surface area contributed by atoms with Gasteiger partial charge in [-0.15, -0.1) is 0 Å². The van der Waals surface area contributed by atoms with Crippen molar-refractivity contribution in [1.82, 2.24) is 4.90 Å². The highest BCUT2D eigenvalue weighted by Crippen LogP contribution is 2.38. The summed E-state index contributed by atoms with van der Waals surface area (Å²) in [6.07, 6.45) is 1.64. The highest BCUT2D eigenvalue weighted by atomic mass is 16.5. The molecule has 1 heterocycles. The molecule has 0 spiro atoms. The molecular weight excluding hydrogens is 326 g/mol. The van der Waals surface area contributed by atoms with Gasteiger partial charge < -0.3 is 9.84 Å². The van der Waals surface area contributed by atoms with Gasteiger partial charge in [0.1, 0.15) is 5.75 Å². The van der Waals surface area contributed by atoms with Crippen molar-refractivity contribution in [3.63, 3.8) is 0 Å². The number of likely N-dealkylation sites (tertiary alicyclic amines) is 1. The predicted octanol–water partition coefficient (Wildman–Crippen LogP) is 4.20. The van der Waals surface area contributed by atoms with E-state index in [0.29, 0.717) is 6.54 Å². The number of carboxylic acid groups (broad SMARTS) is 1. The van der Waals surface area contributed by atoms with E-state index in [9.17, 15) is 9.90 Å². The minimum absolute atomic E-state index is 0.00565. The van der Waals surface area contributed by atoms with E-state index >= 15 is 0 Å². The summed E-state index contributed by atoms with van der Waals surface area (Å²) in [7, 11) is 1.69. The molecule has 1 aliphatic rings. The topological polar surface area (TPSA) is 49.8 Å². The molecule has 138 valence electrons. The summed E-state index contributed by atoms with van der Waals surface area (Å²) in [6, 6.07) is 14.5. The zero-order valence-corrected chi connectivity index (χ0v) is 15.7. The Hall–Kier alpha value is -2.33. The van der Waals surface area contributed by atoms with Crippen LogP contribution in [0.1, 0.15) is 41.1 Å². The molecule has 2 aromatic rings. The van der Waals surface area contributed by atoms with Crippen LogP contribution < -0.4 is 4.74 Å². The number of nitrogens with zero attached hydrogens (tertiary/aromatic N) is 1. The largest absolute Gasteiger partial charge is 0.496 e. The van der Waals surface area contributed by atoms with Crippen LogP contribution in [-0.4, -0.2) is 36.2 Å². The fourth-order valence-corrected chi connectivity index (χ4v) is 4.03. The molecule has 2 unspecified atom stereocenters. The number of piperidine rings is 1. The zero-order valence-electron chi connectivity index (χ0n) is 15.7. The maximum absolute atomic E-state index is 11.6. The standard InChI is InChI=1S/C22H27NO3/c1-15-10-11-18(16(2)13-15)21(19-8-4-5-9-20(19)26-3)23-12-6-7-17(14-23)22(24)25/h4-5,8-11,13,17,21H,6-7,12,14H2,1-3H3,(H,24,25). The summed E-state index contributed by atoms with van der Waals surface area (Å²) in [5, 5.41) is 9.52. The molecule has 0 bridgehead atoms. The molecule has 3 rings (SSSR count). The highest BCUT2D eigenvalue weighted by Gasteiger charge is 2.33. The maximum Gasteiger partial charge on any atom is 0.307 e. The molecule has 0 aromatic heterocycles. The highest BCUT2D eigenvalue weighted by molar-refractivity contribution is 5.70. The van der Waals surface area contributed by atoms with Crippen molar-refractivity contribution >= 4 is 5.97 Å². The summed E-state index contributed by atoms with van der Waals surface area (Å²) in [5.74, 6) is -0.171. The predicted molar refractivity (Wildman–Crippen MR) is 103 cm³/mol. The summed E-state index contributed by atoms with van der Waals surface area (Å²) >= 11 is 0. The van der Waals surface area contributed by atoms with Crippen LogP contribution >= 0.6 is 0 Å². The number of benzene rings is 2. The van der Waals surface area contributed by atoms with Crippen molar-refractivity contribution in [2.24, 2.45) is 5.92 Å². The lowest BCUT2D eigenvalue weighted by atomic mass is 9.88.